The summed E-state index contributed by atoms with van der Waals surface area (Å²) < 4.78 is 0. The standard InChI is InChI=1S/C11H14N2O/c1-8-4-2-3-5-9(8)10-6-12-7-11(14)13-10/h2-5,10,12H,6-7H2,1H3,(H,13,14). The van der Waals surface area contributed by atoms with Crippen LogP contribution in [-0.4, -0.2) is 19.0 Å². The molecule has 1 unspecified atom stereocenters. The molecule has 0 saturated carbocycles. The van der Waals surface area contributed by atoms with E-state index < -0.39 is 0 Å². The smallest absolute Gasteiger partial charge is 0.234 e. The molecular weight excluding hydrogens is 176 g/mol. The number of carbonyl (C=O) groups excluding carboxylic acids is 1. The van der Waals surface area contributed by atoms with Gasteiger partial charge in [-0.25, -0.2) is 0 Å². The molecule has 74 valence electrons. The van der Waals surface area contributed by atoms with E-state index in [0.717, 1.165) is 6.54 Å². The first kappa shape index (κ1) is 9.21. The Morgan fingerprint density at radius 3 is 2.86 bits per heavy atom. The zero-order chi connectivity index (χ0) is 9.97. The van der Waals surface area contributed by atoms with Crippen molar-refractivity contribution in [2.45, 2.75) is 13.0 Å². The molecule has 1 aliphatic heterocycles. The summed E-state index contributed by atoms with van der Waals surface area (Å²) >= 11 is 0. The van der Waals surface area contributed by atoms with Gasteiger partial charge >= 0.3 is 0 Å². The lowest BCUT2D eigenvalue weighted by molar-refractivity contribution is -0.122. The van der Waals surface area contributed by atoms with E-state index in [1.165, 1.54) is 11.1 Å². The van der Waals surface area contributed by atoms with Crippen molar-refractivity contribution in [2.24, 2.45) is 0 Å². The van der Waals surface area contributed by atoms with Crippen LogP contribution in [0.15, 0.2) is 24.3 Å². The van der Waals surface area contributed by atoms with Crippen LogP contribution in [0.25, 0.3) is 0 Å². The highest BCUT2D eigenvalue weighted by atomic mass is 16.2. The number of aryl methyl sites for hydroxylation is 1. The average Bonchev–Trinajstić information content (AvgIpc) is 2.18. The van der Waals surface area contributed by atoms with Gasteiger partial charge in [0, 0.05) is 6.54 Å². The van der Waals surface area contributed by atoms with Gasteiger partial charge in [0.15, 0.2) is 0 Å². The molecule has 3 nitrogen and oxygen atoms in total. The Kier molecular flexibility index (Phi) is 2.50. The number of nitrogens with one attached hydrogen (secondary N) is 2. The Balaban J connectivity index is 2.22. The molecule has 0 aliphatic carbocycles. The van der Waals surface area contributed by atoms with Crippen LogP contribution in [0, 0.1) is 6.92 Å². The second-order valence-electron chi connectivity index (χ2n) is 3.61. The van der Waals surface area contributed by atoms with E-state index in [2.05, 4.69) is 29.7 Å². The van der Waals surface area contributed by atoms with E-state index in [1.54, 1.807) is 0 Å². The van der Waals surface area contributed by atoms with Gasteiger partial charge < -0.3 is 10.6 Å². The first-order valence-electron chi connectivity index (χ1n) is 4.83. The first-order chi connectivity index (χ1) is 6.77. The molecule has 2 N–H and O–H groups in total. The summed E-state index contributed by atoms with van der Waals surface area (Å²) in [6, 6.07) is 8.26. The van der Waals surface area contributed by atoms with E-state index >= 15 is 0 Å². The molecule has 0 aromatic heterocycles. The minimum Gasteiger partial charge on any atom is -0.347 e. The van der Waals surface area contributed by atoms with Crippen LogP contribution in [0.2, 0.25) is 0 Å². The van der Waals surface area contributed by atoms with Gasteiger partial charge in [0.05, 0.1) is 12.6 Å². The lowest BCUT2D eigenvalue weighted by atomic mass is 10.0. The molecule has 1 amide bonds. The zero-order valence-corrected chi connectivity index (χ0v) is 8.21. The van der Waals surface area contributed by atoms with Gasteiger partial charge in [-0.2, -0.15) is 0 Å². The van der Waals surface area contributed by atoms with Gasteiger partial charge in [-0.05, 0) is 18.1 Å². The second-order valence-corrected chi connectivity index (χ2v) is 3.61. The monoisotopic (exact) mass is 190 g/mol. The van der Waals surface area contributed by atoms with E-state index in [-0.39, 0.29) is 11.9 Å². The van der Waals surface area contributed by atoms with Crippen LogP contribution < -0.4 is 10.6 Å². The molecule has 3 heteroatoms. The predicted octanol–water partition coefficient (Wildman–Crippen LogP) is 0.756. The van der Waals surface area contributed by atoms with Crippen molar-refractivity contribution < 1.29 is 4.79 Å². The van der Waals surface area contributed by atoms with Gasteiger partial charge in [-0.15, -0.1) is 0 Å². The van der Waals surface area contributed by atoms with Gasteiger partial charge in [-0.3, -0.25) is 4.79 Å². The SMILES string of the molecule is Cc1ccccc1C1CNCC(=O)N1. The normalized spacial score (nSPS) is 21.8. The molecule has 1 heterocycles. The summed E-state index contributed by atoms with van der Waals surface area (Å²) in [5, 5.41) is 6.07. The lowest BCUT2D eigenvalue weighted by Crippen LogP contribution is -2.47. The third-order valence-electron chi connectivity index (χ3n) is 2.53. The number of hydrogen-bond donors (Lipinski definition) is 2. The molecule has 1 atom stereocenters. The summed E-state index contributed by atoms with van der Waals surface area (Å²) in [7, 11) is 0. The number of benzene rings is 1. The van der Waals surface area contributed by atoms with Gasteiger partial charge in [0.25, 0.3) is 0 Å². The Morgan fingerprint density at radius 2 is 2.14 bits per heavy atom. The highest BCUT2D eigenvalue weighted by Gasteiger charge is 2.19. The van der Waals surface area contributed by atoms with Gasteiger partial charge in [0.1, 0.15) is 0 Å². The number of hydrogen-bond acceptors (Lipinski definition) is 2. The third kappa shape index (κ3) is 1.77. The minimum absolute atomic E-state index is 0.0736. The Morgan fingerprint density at radius 1 is 1.36 bits per heavy atom. The summed E-state index contributed by atoms with van der Waals surface area (Å²) in [5.41, 5.74) is 2.43. The van der Waals surface area contributed by atoms with E-state index in [1.807, 2.05) is 12.1 Å². The molecule has 1 aromatic carbocycles. The first-order valence-corrected chi connectivity index (χ1v) is 4.83. The van der Waals surface area contributed by atoms with Crippen molar-refractivity contribution in [1.29, 1.82) is 0 Å². The fraction of sp³-hybridized carbons (Fsp3) is 0.364. The fourth-order valence-corrected chi connectivity index (χ4v) is 1.79. The van der Waals surface area contributed by atoms with E-state index in [9.17, 15) is 4.79 Å². The molecule has 0 bridgehead atoms. The average molecular weight is 190 g/mol. The number of rotatable bonds is 1. The Hall–Kier alpha value is -1.35. The highest BCUT2D eigenvalue weighted by molar-refractivity contribution is 5.79. The Labute approximate surface area is 83.5 Å². The number of amides is 1. The Bertz CT molecular complexity index is 349. The second kappa shape index (κ2) is 3.80. The molecule has 0 spiro atoms. The molecule has 1 fully saturated rings. The van der Waals surface area contributed by atoms with Crippen molar-refractivity contribution >= 4 is 5.91 Å². The molecule has 1 saturated heterocycles. The molecule has 2 rings (SSSR count). The maximum absolute atomic E-state index is 11.2. The lowest BCUT2D eigenvalue weighted by Gasteiger charge is -2.25. The highest BCUT2D eigenvalue weighted by Crippen LogP contribution is 2.17. The quantitative estimate of drug-likeness (QED) is 0.686. The fourth-order valence-electron chi connectivity index (χ4n) is 1.79. The molecular formula is C11H14N2O. The molecule has 1 aromatic rings. The van der Waals surface area contributed by atoms with Gasteiger partial charge in [-0.1, -0.05) is 24.3 Å². The van der Waals surface area contributed by atoms with Crippen molar-refractivity contribution in [2.75, 3.05) is 13.1 Å². The largest absolute Gasteiger partial charge is 0.347 e. The predicted molar refractivity (Wildman–Crippen MR) is 54.9 cm³/mol. The maximum Gasteiger partial charge on any atom is 0.234 e. The van der Waals surface area contributed by atoms with E-state index in [4.69, 9.17) is 0 Å². The number of carbonyl (C=O) groups is 1. The third-order valence-corrected chi connectivity index (χ3v) is 2.53. The number of piperazine rings is 1. The van der Waals surface area contributed by atoms with Crippen LogP contribution in [0.1, 0.15) is 17.2 Å². The van der Waals surface area contributed by atoms with Crippen molar-refractivity contribution in [3.63, 3.8) is 0 Å². The molecule has 1 aliphatic rings. The van der Waals surface area contributed by atoms with Crippen molar-refractivity contribution in [1.82, 2.24) is 10.6 Å². The van der Waals surface area contributed by atoms with Crippen LogP contribution in [0.5, 0.6) is 0 Å². The summed E-state index contributed by atoms with van der Waals surface area (Å²) in [4.78, 5) is 11.2. The summed E-state index contributed by atoms with van der Waals surface area (Å²) in [6.07, 6.45) is 0. The van der Waals surface area contributed by atoms with Crippen LogP contribution in [0.3, 0.4) is 0 Å². The van der Waals surface area contributed by atoms with Crippen molar-refractivity contribution in [3.05, 3.63) is 35.4 Å². The topological polar surface area (TPSA) is 41.1 Å². The van der Waals surface area contributed by atoms with Crippen LogP contribution in [-0.2, 0) is 4.79 Å². The summed E-state index contributed by atoms with van der Waals surface area (Å²) in [5.74, 6) is 0.0736. The van der Waals surface area contributed by atoms with E-state index in [0.29, 0.717) is 6.54 Å². The summed E-state index contributed by atoms with van der Waals surface area (Å²) in [6.45, 7) is 3.31. The van der Waals surface area contributed by atoms with Crippen LogP contribution >= 0.6 is 0 Å². The van der Waals surface area contributed by atoms with Gasteiger partial charge in [0.2, 0.25) is 5.91 Å². The van der Waals surface area contributed by atoms with Crippen LogP contribution in [0.4, 0.5) is 0 Å². The zero-order valence-electron chi connectivity index (χ0n) is 8.21. The minimum atomic E-state index is 0.0736. The maximum atomic E-state index is 11.2. The van der Waals surface area contributed by atoms with Crippen molar-refractivity contribution in [3.8, 4) is 0 Å². The molecule has 14 heavy (non-hydrogen) atoms. The molecule has 0 radical (unpaired) electrons.